The molecule has 1 amide bonds. The fraction of sp³-hybridized carbons (Fsp3) is 0.435. The number of nitrogens with one attached hydrogen (secondary N) is 1. The van der Waals surface area contributed by atoms with Crippen LogP contribution in [0, 0.1) is 6.92 Å². The van der Waals surface area contributed by atoms with Crippen molar-refractivity contribution >= 4 is 44.9 Å². The molecule has 1 aromatic carbocycles. The molecule has 4 rings (SSSR count). The number of aromatic nitrogens is 2. The van der Waals surface area contributed by atoms with Crippen molar-refractivity contribution in [3.8, 4) is 0 Å². The van der Waals surface area contributed by atoms with E-state index in [9.17, 15) is 4.79 Å². The Labute approximate surface area is 186 Å². The molecule has 1 aliphatic carbocycles. The van der Waals surface area contributed by atoms with Gasteiger partial charge in [-0.1, -0.05) is 43.0 Å². The Kier molecular flexibility index (Phi) is 6.54. The first-order chi connectivity index (χ1) is 14.5. The number of anilines is 1. The Morgan fingerprint density at radius 2 is 1.93 bits per heavy atom. The standard InChI is InChI=1S/C23H27ClN4OS/c1-15-19-21(28(2)18-6-4-3-5-7-18)26-14-27-23(19)30-20(15)22(29)25-13-12-16-8-10-17(24)11-9-16/h8-11,14,18H,3-7,12-13H2,1-2H3,(H,25,29). The van der Waals surface area contributed by atoms with Crippen LogP contribution in [0.4, 0.5) is 5.82 Å². The highest BCUT2D eigenvalue weighted by molar-refractivity contribution is 7.20. The number of rotatable bonds is 6. The minimum Gasteiger partial charge on any atom is -0.356 e. The van der Waals surface area contributed by atoms with Gasteiger partial charge in [0.05, 0.1) is 10.3 Å². The van der Waals surface area contributed by atoms with Crippen LogP contribution >= 0.6 is 22.9 Å². The van der Waals surface area contributed by atoms with Gasteiger partial charge in [0.1, 0.15) is 17.0 Å². The van der Waals surface area contributed by atoms with E-state index < -0.39 is 0 Å². The van der Waals surface area contributed by atoms with E-state index in [1.807, 2.05) is 31.2 Å². The third-order valence-electron chi connectivity index (χ3n) is 5.98. The minimum absolute atomic E-state index is 0.0456. The third kappa shape index (κ3) is 4.44. The van der Waals surface area contributed by atoms with Gasteiger partial charge in [-0.2, -0.15) is 0 Å². The van der Waals surface area contributed by atoms with Crippen molar-refractivity contribution in [3.05, 3.63) is 51.6 Å². The second-order valence-corrected chi connectivity index (χ2v) is 9.40. The Balaban J connectivity index is 1.51. The first-order valence-corrected chi connectivity index (χ1v) is 11.7. The van der Waals surface area contributed by atoms with Gasteiger partial charge in [0.2, 0.25) is 0 Å². The van der Waals surface area contributed by atoms with Crippen molar-refractivity contribution in [1.29, 1.82) is 0 Å². The van der Waals surface area contributed by atoms with Gasteiger partial charge in [-0.05, 0) is 49.4 Å². The van der Waals surface area contributed by atoms with Gasteiger partial charge >= 0.3 is 0 Å². The number of carbonyl (C=O) groups excluding carboxylic acids is 1. The normalized spacial score (nSPS) is 14.8. The molecule has 3 aromatic rings. The van der Waals surface area contributed by atoms with Crippen molar-refractivity contribution < 1.29 is 4.79 Å². The van der Waals surface area contributed by atoms with E-state index in [1.165, 1.54) is 43.4 Å². The summed E-state index contributed by atoms with van der Waals surface area (Å²) < 4.78 is 0. The lowest BCUT2D eigenvalue weighted by molar-refractivity contribution is 0.0957. The van der Waals surface area contributed by atoms with Crippen molar-refractivity contribution in [2.24, 2.45) is 0 Å². The van der Waals surface area contributed by atoms with E-state index in [4.69, 9.17) is 11.6 Å². The first-order valence-electron chi connectivity index (χ1n) is 10.5. The smallest absolute Gasteiger partial charge is 0.261 e. The molecule has 2 aromatic heterocycles. The van der Waals surface area contributed by atoms with E-state index in [1.54, 1.807) is 6.33 Å². The Morgan fingerprint density at radius 1 is 1.20 bits per heavy atom. The minimum atomic E-state index is -0.0456. The molecule has 1 saturated carbocycles. The number of benzene rings is 1. The number of halogens is 1. The summed E-state index contributed by atoms with van der Waals surface area (Å²) in [6.45, 7) is 2.59. The molecule has 158 valence electrons. The lowest BCUT2D eigenvalue weighted by Gasteiger charge is -2.32. The zero-order valence-corrected chi connectivity index (χ0v) is 19.0. The number of amides is 1. The highest BCUT2D eigenvalue weighted by Gasteiger charge is 2.24. The first kappa shape index (κ1) is 21.1. The number of hydrogen-bond donors (Lipinski definition) is 1. The third-order valence-corrected chi connectivity index (χ3v) is 7.43. The van der Waals surface area contributed by atoms with Crippen molar-refractivity contribution in [2.75, 3.05) is 18.5 Å². The highest BCUT2D eigenvalue weighted by atomic mass is 35.5. The maximum Gasteiger partial charge on any atom is 0.261 e. The molecule has 0 radical (unpaired) electrons. The molecule has 7 heteroatoms. The lowest BCUT2D eigenvalue weighted by atomic mass is 9.94. The number of carbonyl (C=O) groups is 1. The number of nitrogens with zero attached hydrogens (tertiary/aromatic N) is 3. The van der Waals surface area contributed by atoms with E-state index >= 15 is 0 Å². The summed E-state index contributed by atoms with van der Waals surface area (Å²) in [7, 11) is 2.13. The van der Waals surface area contributed by atoms with Crippen LogP contribution < -0.4 is 10.2 Å². The fourth-order valence-electron chi connectivity index (χ4n) is 4.23. The summed E-state index contributed by atoms with van der Waals surface area (Å²) in [5.41, 5.74) is 2.12. The summed E-state index contributed by atoms with van der Waals surface area (Å²) in [5.74, 6) is 0.900. The molecule has 0 atom stereocenters. The van der Waals surface area contributed by atoms with E-state index in [2.05, 4.69) is 27.2 Å². The number of aryl methyl sites for hydroxylation is 1. The predicted octanol–water partition coefficient (Wildman–Crippen LogP) is 5.39. The van der Waals surface area contributed by atoms with Crippen LogP contribution in [-0.2, 0) is 6.42 Å². The van der Waals surface area contributed by atoms with Gasteiger partial charge in [-0.25, -0.2) is 9.97 Å². The molecule has 1 N–H and O–H groups in total. The Bertz CT molecular complexity index is 1030. The zero-order valence-electron chi connectivity index (χ0n) is 17.4. The van der Waals surface area contributed by atoms with Gasteiger partial charge < -0.3 is 10.2 Å². The van der Waals surface area contributed by atoms with Crippen LogP contribution in [0.25, 0.3) is 10.2 Å². The molecule has 1 aliphatic rings. The van der Waals surface area contributed by atoms with Crippen LogP contribution in [0.15, 0.2) is 30.6 Å². The van der Waals surface area contributed by atoms with Gasteiger partial charge in [-0.3, -0.25) is 4.79 Å². The maximum absolute atomic E-state index is 12.9. The number of hydrogen-bond acceptors (Lipinski definition) is 5. The highest BCUT2D eigenvalue weighted by Crippen LogP contribution is 2.36. The van der Waals surface area contributed by atoms with Gasteiger partial charge in [0, 0.05) is 24.7 Å². The number of fused-ring (bicyclic) bond motifs is 1. The fourth-order valence-corrected chi connectivity index (χ4v) is 5.42. The average molecular weight is 443 g/mol. The summed E-state index contributed by atoms with van der Waals surface area (Å²) in [5, 5.41) is 4.79. The van der Waals surface area contributed by atoms with Gasteiger partial charge in [0.15, 0.2) is 0 Å². The molecular formula is C23H27ClN4OS. The Hall–Kier alpha value is -2.18. The van der Waals surface area contributed by atoms with Crippen molar-refractivity contribution in [2.45, 2.75) is 51.5 Å². The van der Waals surface area contributed by atoms with E-state index in [-0.39, 0.29) is 5.91 Å². The topological polar surface area (TPSA) is 58.1 Å². The molecule has 0 aliphatic heterocycles. The average Bonchev–Trinajstić information content (AvgIpc) is 3.12. The molecular weight excluding hydrogens is 416 g/mol. The van der Waals surface area contributed by atoms with Gasteiger partial charge in [0.25, 0.3) is 5.91 Å². The molecule has 2 heterocycles. The molecule has 5 nitrogen and oxygen atoms in total. The van der Waals surface area contributed by atoms with Crippen LogP contribution in [0.2, 0.25) is 5.02 Å². The monoisotopic (exact) mass is 442 g/mol. The molecule has 0 saturated heterocycles. The van der Waals surface area contributed by atoms with E-state index in [0.717, 1.165) is 43.5 Å². The van der Waals surface area contributed by atoms with Crippen LogP contribution in [0.1, 0.15) is 52.9 Å². The van der Waals surface area contributed by atoms with Crippen LogP contribution in [-0.4, -0.2) is 35.5 Å². The molecule has 1 fully saturated rings. The van der Waals surface area contributed by atoms with E-state index in [0.29, 0.717) is 12.6 Å². The molecule has 30 heavy (non-hydrogen) atoms. The summed E-state index contributed by atoms with van der Waals surface area (Å²) in [6.07, 6.45) is 8.64. The van der Waals surface area contributed by atoms with Crippen molar-refractivity contribution in [3.63, 3.8) is 0 Å². The second kappa shape index (κ2) is 9.31. The second-order valence-electron chi connectivity index (χ2n) is 7.97. The van der Waals surface area contributed by atoms with Crippen LogP contribution in [0.5, 0.6) is 0 Å². The lowest BCUT2D eigenvalue weighted by Crippen LogP contribution is -2.34. The molecule has 0 bridgehead atoms. The summed E-state index contributed by atoms with van der Waals surface area (Å²) >= 11 is 7.39. The summed E-state index contributed by atoms with van der Waals surface area (Å²) in [4.78, 5) is 25.8. The number of thiophene rings is 1. The zero-order chi connectivity index (χ0) is 21.1. The Morgan fingerprint density at radius 3 is 2.67 bits per heavy atom. The molecule has 0 unspecified atom stereocenters. The largest absolute Gasteiger partial charge is 0.356 e. The summed E-state index contributed by atoms with van der Waals surface area (Å²) in [6, 6.07) is 8.23. The molecule has 0 spiro atoms. The van der Waals surface area contributed by atoms with Crippen LogP contribution in [0.3, 0.4) is 0 Å². The SMILES string of the molecule is Cc1c(C(=O)NCCc2ccc(Cl)cc2)sc2ncnc(N(C)C3CCCCC3)c12. The maximum atomic E-state index is 12.9. The predicted molar refractivity (Wildman–Crippen MR) is 125 cm³/mol. The quantitative estimate of drug-likeness (QED) is 0.555. The van der Waals surface area contributed by atoms with Crippen molar-refractivity contribution in [1.82, 2.24) is 15.3 Å². The van der Waals surface area contributed by atoms with Gasteiger partial charge in [-0.15, -0.1) is 11.3 Å².